The molecule has 9 heteroatoms. The van der Waals surface area contributed by atoms with Crippen molar-refractivity contribution in [2.75, 3.05) is 11.9 Å². The minimum atomic E-state index is -1.15. The second kappa shape index (κ2) is 6.66. The highest BCUT2D eigenvalue weighted by Gasteiger charge is 2.45. The summed E-state index contributed by atoms with van der Waals surface area (Å²) in [5.41, 5.74) is 1.16. The van der Waals surface area contributed by atoms with Gasteiger partial charge >= 0.3 is 0 Å². The lowest BCUT2D eigenvalue weighted by Gasteiger charge is -2.16. The molecule has 0 unspecified atom stereocenters. The van der Waals surface area contributed by atoms with Crippen LogP contribution in [0.1, 0.15) is 62.1 Å². The predicted octanol–water partition coefficient (Wildman–Crippen LogP) is 0.510. The second-order valence-corrected chi connectivity index (χ2v) is 7.90. The smallest absolute Gasteiger partial charge is 0.197 e. The zero-order valence-electron chi connectivity index (χ0n) is 15.0. The molecule has 2 aliphatic carbocycles. The lowest BCUT2D eigenvalue weighted by molar-refractivity contribution is -0.0244. The Labute approximate surface area is 156 Å². The maximum atomic E-state index is 10.4. The Morgan fingerprint density at radius 3 is 2.59 bits per heavy atom. The summed E-state index contributed by atoms with van der Waals surface area (Å²) < 4.78 is 7.36. The second-order valence-electron chi connectivity index (χ2n) is 7.90. The molecule has 4 N–H and O–H groups in total. The van der Waals surface area contributed by atoms with Crippen molar-refractivity contribution in [3.05, 3.63) is 17.7 Å². The number of fused-ring (bicyclic) bond motifs is 1. The number of anilines is 1. The summed E-state index contributed by atoms with van der Waals surface area (Å²) >= 11 is 0. The summed E-state index contributed by atoms with van der Waals surface area (Å²) in [5.74, 6) is 1.85. The van der Waals surface area contributed by atoms with Crippen molar-refractivity contribution < 1.29 is 20.1 Å². The number of aromatic nitrogens is 4. The van der Waals surface area contributed by atoms with E-state index in [2.05, 4.69) is 15.4 Å². The molecule has 1 aliphatic heterocycles. The molecule has 0 spiro atoms. The number of nitrogens with one attached hydrogen (secondary N) is 1. The highest BCUT2D eigenvalue weighted by Crippen LogP contribution is 2.40. The van der Waals surface area contributed by atoms with Gasteiger partial charge < -0.3 is 25.4 Å². The van der Waals surface area contributed by atoms with E-state index < -0.39 is 24.4 Å². The van der Waals surface area contributed by atoms with Crippen LogP contribution in [0, 0.1) is 0 Å². The van der Waals surface area contributed by atoms with E-state index in [1.165, 1.54) is 12.8 Å². The van der Waals surface area contributed by atoms with Crippen LogP contribution in [0.2, 0.25) is 0 Å². The molecule has 0 amide bonds. The number of imidazole rings is 1. The summed E-state index contributed by atoms with van der Waals surface area (Å²) in [6.45, 7) is -0.359. The Kier molecular flexibility index (Phi) is 4.27. The number of aliphatic hydroxyl groups excluding tert-OH is 3. The van der Waals surface area contributed by atoms with Crippen molar-refractivity contribution in [1.82, 2.24) is 19.6 Å². The first kappa shape index (κ1) is 17.3. The van der Waals surface area contributed by atoms with Crippen LogP contribution in [0.25, 0.3) is 5.65 Å². The van der Waals surface area contributed by atoms with Crippen LogP contribution < -0.4 is 5.32 Å². The van der Waals surface area contributed by atoms with Crippen LogP contribution in [0.4, 0.5) is 5.82 Å². The van der Waals surface area contributed by atoms with Crippen LogP contribution in [0.3, 0.4) is 0 Å². The molecule has 2 aromatic rings. The van der Waals surface area contributed by atoms with Gasteiger partial charge in [0, 0.05) is 12.0 Å². The SMILES string of the molecule is OC[C@H]1O[C@@H](c2cnc3c(NC4CCCC4)nc(C4CC4)nn23)[C@H](O)[C@@H]1O. The molecule has 3 heterocycles. The Balaban J connectivity index is 1.55. The third-order valence-corrected chi connectivity index (χ3v) is 5.88. The van der Waals surface area contributed by atoms with Gasteiger partial charge in [-0.25, -0.2) is 14.5 Å². The van der Waals surface area contributed by atoms with Gasteiger partial charge in [0.1, 0.15) is 24.4 Å². The molecular weight excluding hydrogens is 350 g/mol. The van der Waals surface area contributed by atoms with Crippen LogP contribution in [-0.4, -0.2) is 65.9 Å². The molecular formula is C18H25N5O4. The molecule has 0 aromatic carbocycles. The van der Waals surface area contributed by atoms with E-state index in [9.17, 15) is 15.3 Å². The number of aliphatic hydroxyl groups is 3. The Hall–Kier alpha value is -1.81. The van der Waals surface area contributed by atoms with Crippen LogP contribution in [-0.2, 0) is 4.74 Å². The van der Waals surface area contributed by atoms with Gasteiger partial charge in [-0.3, -0.25) is 0 Å². The highest BCUT2D eigenvalue weighted by atomic mass is 16.6. The van der Waals surface area contributed by atoms with Gasteiger partial charge in [0.2, 0.25) is 0 Å². The summed E-state index contributed by atoms with van der Waals surface area (Å²) in [5, 5.41) is 38.0. The monoisotopic (exact) mass is 375 g/mol. The van der Waals surface area contributed by atoms with E-state index in [0.717, 1.165) is 37.3 Å². The molecule has 3 fully saturated rings. The molecule has 9 nitrogen and oxygen atoms in total. The Morgan fingerprint density at radius 1 is 1.15 bits per heavy atom. The van der Waals surface area contributed by atoms with Crippen molar-refractivity contribution in [2.24, 2.45) is 0 Å². The molecule has 2 aromatic heterocycles. The topological polar surface area (TPSA) is 125 Å². The van der Waals surface area contributed by atoms with Gasteiger partial charge in [-0.2, -0.15) is 5.10 Å². The summed E-state index contributed by atoms with van der Waals surface area (Å²) in [6, 6.07) is 0.393. The fraction of sp³-hybridized carbons (Fsp3) is 0.722. The van der Waals surface area contributed by atoms with Crippen LogP contribution in [0.5, 0.6) is 0 Å². The van der Waals surface area contributed by atoms with Gasteiger partial charge in [0.25, 0.3) is 0 Å². The normalized spacial score (nSPS) is 31.8. The zero-order valence-corrected chi connectivity index (χ0v) is 15.0. The van der Waals surface area contributed by atoms with E-state index in [1.807, 2.05) is 0 Å². The van der Waals surface area contributed by atoms with Crippen molar-refractivity contribution in [3.63, 3.8) is 0 Å². The van der Waals surface area contributed by atoms with E-state index in [-0.39, 0.29) is 6.61 Å². The maximum absolute atomic E-state index is 10.4. The van der Waals surface area contributed by atoms with Gasteiger partial charge in [-0.05, 0) is 25.7 Å². The third-order valence-electron chi connectivity index (χ3n) is 5.88. The standard InChI is InChI=1S/C18H25N5O4/c24-8-12-13(25)14(26)15(27-12)11-7-19-18-17(20-10-3-1-2-4-10)21-16(9-5-6-9)22-23(11)18/h7,9-10,12-15,24-26H,1-6,8H2,(H,20,21,22)/t12-,13-,14-,15+/m1/s1. The average Bonchev–Trinajstić information content (AvgIpc) is 3.11. The number of nitrogens with zero attached hydrogens (tertiary/aromatic N) is 4. The molecule has 0 radical (unpaired) electrons. The molecule has 0 bridgehead atoms. The number of ether oxygens (including phenoxy) is 1. The third kappa shape index (κ3) is 2.98. The highest BCUT2D eigenvalue weighted by molar-refractivity contribution is 5.63. The minimum absolute atomic E-state index is 0.359. The van der Waals surface area contributed by atoms with E-state index >= 15 is 0 Å². The predicted molar refractivity (Wildman–Crippen MR) is 95.3 cm³/mol. The summed E-state index contributed by atoms with van der Waals surface area (Å²) in [7, 11) is 0. The van der Waals surface area contributed by atoms with E-state index in [1.54, 1.807) is 10.7 Å². The van der Waals surface area contributed by atoms with E-state index in [0.29, 0.717) is 23.3 Å². The molecule has 27 heavy (non-hydrogen) atoms. The quantitative estimate of drug-likeness (QED) is 0.596. The Morgan fingerprint density at radius 2 is 1.93 bits per heavy atom. The minimum Gasteiger partial charge on any atom is -0.394 e. The van der Waals surface area contributed by atoms with Crippen molar-refractivity contribution >= 4 is 11.5 Å². The lowest BCUT2D eigenvalue weighted by Crippen LogP contribution is -2.32. The van der Waals surface area contributed by atoms with Crippen LogP contribution >= 0.6 is 0 Å². The van der Waals surface area contributed by atoms with Gasteiger partial charge in [0.15, 0.2) is 17.3 Å². The molecule has 146 valence electrons. The molecule has 1 saturated heterocycles. The summed E-state index contributed by atoms with van der Waals surface area (Å²) in [6.07, 6.45) is 4.53. The average molecular weight is 375 g/mol. The van der Waals surface area contributed by atoms with Gasteiger partial charge in [-0.1, -0.05) is 12.8 Å². The molecule has 2 saturated carbocycles. The van der Waals surface area contributed by atoms with Crippen molar-refractivity contribution in [2.45, 2.75) is 74.9 Å². The number of hydrogen-bond acceptors (Lipinski definition) is 8. The van der Waals surface area contributed by atoms with Crippen molar-refractivity contribution in [1.29, 1.82) is 0 Å². The van der Waals surface area contributed by atoms with Crippen molar-refractivity contribution in [3.8, 4) is 0 Å². The maximum Gasteiger partial charge on any atom is 0.197 e. The largest absolute Gasteiger partial charge is 0.394 e. The van der Waals surface area contributed by atoms with Gasteiger partial charge in [0.05, 0.1) is 18.5 Å². The first-order valence-corrected chi connectivity index (χ1v) is 9.80. The Bertz CT molecular complexity index is 833. The zero-order chi connectivity index (χ0) is 18.5. The van der Waals surface area contributed by atoms with Crippen LogP contribution in [0.15, 0.2) is 6.20 Å². The fourth-order valence-electron chi connectivity index (χ4n) is 4.13. The first-order chi connectivity index (χ1) is 13.2. The number of rotatable bonds is 5. The van der Waals surface area contributed by atoms with Gasteiger partial charge in [-0.15, -0.1) is 0 Å². The molecule has 5 rings (SSSR count). The summed E-state index contributed by atoms with van der Waals surface area (Å²) in [4.78, 5) is 9.21. The molecule has 3 aliphatic rings. The fourth-order valence-corrected chi connectivity index (χ4v) is 4.13. The van der Waals surface area contributed by atoms with E-state index in [4.69, 9.17) is 9.72 Å². The lowest BCUT2D eigenvalue weighted by atomic mass is 10.1. The first-order valence-electron chi connectivity index (χ1n) is 9.80. The molecule has 4 atom stereocenters. The number of hydrogen-bond donors (Lipinski definition) is 4.